The van der Waals surface area contributed by atoms with E-state index in [9.17, 15) is 4.79 Å². The Morgan fingerprint density at radius 3 is 2.50 bits per heavy atom. The van der Waals surface area contributed by atoms with E-state index in [0.29, 0.717) is 13.1 Å². The van der Waals surface area contributed by atoms with Crippen LogP contribution in [0.1, 0.15) is 18.9 Å². The van der Waals surface area contributed by atoms with Crippen molar-refractivity contribution < 1.29 is 4.79 Å². The van der Waals surface area contributed by atoms with Crippen LogP contribution in [0.25, 0.3) is 0 Å². The lowest BCUT2D eigenvalue weighted by molar-refractivity contribution is -0.127. The molecule has 0 heterocycles. The molecule has 0 aliphatic carbocycles. The summed E-state index contributed by atoms with van der Waals surface area (Å²) in [4.78, 5) is 15.6. The van der Waals surface area contributed by atoms with E-state index in [4.69, 9.17) is 5.73 Å². The molecule has 0 aliphatic rings. The summed E-state index contributed by atoms with van der Waals surface area (Å²) in [7, 11) is 3.56. The molecule has 4 nitrogen and oxygen atoms in total. The summed E-state index contributed by atoms with van der Waals surface area (Å²) in [5.41, 5.74) is 7.90. The van der Waals surface area contributed by atoms with Crippen LogP contribution >= 0.6 is 0 Å². The number of benzene rings is 1. The molecule has 0 atom stereocenters. The topological polar surface area (TPSA) is 49.6 Å². The van der Waals surface area contributed by atoms with Crippen molar-refractivity contribution in [2.75, 3.05) is 32.1 Å². The van der Waals surface area contributed by atoms with E-state index in [1.165, 1.54) is 0 Å². The van der Waals surface area contributed by atoms with Gasteiger partial charge >= 0.3 is 0 Å². The zero-order valence-electron chi connectivity index (χ0n) is 11.5. The number of hydrogen-bond donors (Lipinski definition) is 1. The van der Waals surface area contributed by atoms with Gasteiger partial charge in [-0.05, 0) is 18.1 Å². The van der Waals surface area contributed by atoms with Crippen LogP contribution in [0.3, 0.4) is 0 Å². The Hall–Kier alpha value is -1.55. The fourth-order valence-electron chi connectivity index (χ4n) is 1.85. The summed E-state index contributed by atoms with van der Waals surface area (Å²) in [6.45, 7) is 3.86. The van der Waals surface area contributed by atoms with Gasteiger partial charge < -0.3 is 15.5 Å². The third kappa shape index (κ3) is 3.74. The molecule has 0 saturated heterocycles. The summed E-state index contributed by atoms with van der Waals surface area (Å²) >= 11 is 0. The van der Waals surface area contributed by atoms with Gasteiger partial charge in [-0.25, -0.2) is 0 Å². The van der Waals surface area contributed by atoms with Gasteiger partial charge in [-0.15, -0.1) is 0 Å². The van der Waals surface area contributed by atoms with Gasteiger partial charge in [0.15, 0.2) is 0 Å². The lowest BCUT2D eigenvalue weighted by atomic mass is 10.1. The number of para-hydroxylation sites is 1. The first-order valence-electron chi connectivity index (χ1n) is 6.33. The van der Waals surface area contributed by atoms with E-state index in [1.807, 2.05) is 24.3 Å². The quantitative estimate of drug-likeness (QED) is 0.830. The molecule has 0 radical (unpaired) electrons. The lowest BCUT2D eigenvalue weighted by Crippen LogP contribution is -2.37. The molecule has 18 heavy (non-hydrogen) atoms. The molecule has 4 heteroatoms. The Balaban J connectivity index is 2.93. The molecule has 0 bridgehead atoms. The van der Waals surface area contributed by atoms with Crippen molar-refractivity contribution >= 4 is 11.6 Å². The van der Waals surface area contributed by atoms with E-state index in [2.05, 4.69) is 11.8 Å². The largest absolute Gasteiger partial charge is 0.362 e. The summed E-state index contributed by atoms with van der Waals surface area (Å²) < 4.78 is 0. The molecule has 0 aromatic heterocycles. The first kappa shape index (κ1) is 14.5. The number of nitrogens with two attached hydrogens (primary N) is 1. The van der Waals surface area contributed by atoms with E-state index < -0.39 is 0 Å². The van der Waals surface area contributed by atoms with Crippen LogP contribution < -0.4 is 10.6 Å². The summed E-state index contributed by atoms with van der Waals surface area (Å²) in [5, 5.41) is 0. The highest BCUT2D eigenvalue weighted by Gasteiger charge is 2.14. The monoisotopic (exact) mass is 249 g/mol. The molecule has 2 N–H and O–H groups in total. The molecular formula is C14H23N3O. The van der Waals surface area contributed by atoms with Gasteiger partial charge in [0.05, 0.1) is 6.54 Å². The molecule has 1 amide bonds. The van der Waals surface area contributed by atoms with Crippen LogP contribution in [0.4, 0.5) is 5.69 Å². The van der Waals surface area contributed by atoms with E-state index >= 15 is 0 Å². The predicted molar refractivity (Wildman–Crippen MR) is 75.5 cm³/mol. The van der Waals surface area contributed by atoms with E-state index in [1.54, 1.807) is 19.0 Å². The fourth-order valence-corrected chi connectivity index (χ4v) is 1.85. The van der Waals surface area contributed by atoms with Gasteiger partial charge in [0.2, 0.25) is 5.91 Å². The second-order valence-corrected chi connectivity index (χ2v) is 4.54. The van der Waals surface area contributed by atoms with Gasteiger partial charge in [-0.1, -0.05) is 25.1 Å². The number of anilines is 1. The summed E-state index contributed by atoms with van der Waals surface area (Å²) in [6.07, 6.45) is 1.000. The maximum atomic E-state index is 11.9. The Morgan fingerprint density at radius 1 is 1.28 bits per heavy atom. The number of amides is 1. The van der Waals surface area contributed by atoms with E-state index in [-0.39, 0.29) is 5.91 Å². The molecule has 1 rings (SSSR count). The van der Waals surface area contributed by atoms with Crippen molar-refractivity contribution in [3.8, 4) is 0 Å². The molecule has 1 aromatic carbocycles. The minimum Gasteiger partial charge on any atom is -0.362 e. The average molecular weight is 249 g/mol. The number of likely N-dealkylation sites (N-methyl/N-ethyl adjacent to an activating group) is 1. The third-order valence-electron chi connectivity index (χ3n) is 2.87. The fraction of sp³-hybridized carbons (Fsp3) is 0.500. The van der Waals surface area contributed by atoms with Gasteiger partial charge in [0.25, 0.3) is 0 Å². The van der Waals surface area contributed by atoms with Gasteiger partial charge in [0.1, 0.15) is 0 Å². The Bertz CT molecular complexity index is 390. The highest BCUT2D eigenvalue weighted by atomic mass is 16.2. The first-order valence-corrected chi connectivity index (χ1v) is 6.33. The van der Waals surface area contributed by atoms with Crippen LogP contribution in [0.5, 0.6) is 0 Å². The molecule has 0 unspecified atom stereocenters. The van der Waals surface area contributed by atoms with Gasteiger partial charge in [-0.3, -0.25) is 4.79 Å². The van der Waals surface area contributed by atoms with Gasteiger partial charge in [0, 0.05) is 32.9 Å². The summed E-state index contributed by atoms with van der Waals surface area (Å²) in [6, 6.07) is 8.00. The highest BCUT2D eigenvalue weighted by Crippen LogP contribution is 2.20. The molecule has 0 fully saturated rings. The van der Waals surface area contributed by atoms with Crippen molar-refractivity contribution in [3.63, 3.8) is 0 Å². The van der Waals surface area contributed by atoms with Crippen LogP contribution in [0.15, 0.2) is 24.3 Å². The maximum absolute atomic E-state index is 11.9. The molecule has 1 aromatic rings. The number of hydrogen-bond acceptors (Lipinski definition) is 3. The molecule has 100 valence electrons. The molecule has 0 saturated carbocycles. The minimum absolute atomic E-state index is 0.107. The number of rotatable bonds is 6. The second kappa shape index (κ2) is 7.01. The zero-order chi connectivity index (χ0) is 13.5. The van der Waals surface area contributed by atoms with Crippen LogP contribution in [-0.4, -0.2) is 38.0 Å². The van der Waals surface area contributed by atoms with Crippen molar-refractivity contribution in [2.24, 2.45) is 5.73 Å². The van der Waals surface area contributed by atoms with Gasteiger partial charge in [-0.2, -0.15) is 0 Å². The third-order valence-corrected chi connectivity index (χ3v) is 2.87. The number of carbonyl (C=O) groups excluding carboxylic acids is 1. The zero-order valence-corrected chi connectivity index (χ0v) is 11.5. The number of nitrogens with zero attached hydrogens (tertiary/aromatic N) is 2. The van der Waals surface area contributed by atoms with Crippen molar-refractivity contribution in [3.05, 3.63) is 29.8 Å². The standard InChI is InChI=1S/C14H23N3O/c1-4-9-17(11-14(18)16(2)3)13-8-6-5-7-12(13)10-15/h5-8H,4,9-11,15H2,1-3H3. The van der Waals surface area contributed by atoms with Crippen LogP contribution in [0, 0.1) is 0 Å². The highest BCUT2D eigenvalue weighted by molar-refractivity contribution is 5.81. The molecular weight excluding hydrogens is 226 g/mol. The Morgan fingerprint density at radius 2 is 1.94 bits per heavy atom. The van der Waals surface area contributed by atoms with Crippen molar-refractivity contribution in [2.45, 2.75) is 19.9 Å². The maximum Gasteiger partial charge on any atom is 0.241 e. The summed E-state index contributed by atoms with van der Waals surface area (Å²) in [5.74, 6) is 0.107. The smallest absolute Gasteiger partial charge is 0.241 e. The Labute approximate surface area is 109 Å². The number of carbonyl (C=O) groups is 1. The van der Waals surface area contributed by atoms with Crippen LogP contribution in [-0.2, 0) is 11.3 Å². The second-order valence-electron chi connectivity index (χ2n) is 4.54. The minimum atomic E-state index is 0.107. The first-order chi connectivity index (χ1) is 8.60. The average Bonchev–Trinajstić information content (AvgIpc) is 2.38. The predicted octanol–water partition coefficient (Wildman–Crippen LogP) is 1.45. The SMILES string of the molecule is CCCN(CC(=O)N(C)C)c1ccccc1CN. The normalized spacial score (nSPS) is 10.2. The van der Waals surface area contributed by atoms with Crippen LogP contribution in [0.2, 0.25) is 0 Å². The Kier molecular flexibility index (Phi) is 5.65. The molecule has 0 aliphatic heterocycles. The lowest BCUT2D eigenvalue weighted by Gasteiger charge is -2.27. The van der Waals surface area contributed by atoms with Crippen molar-refractivity contribution in [1.82, 2.24) is 4.90 Å². The molecule has 0 spiro atoms. The van der Waals surface area contributed by atoms with Crippen molar-refractivity contribution in [1.29, 1.82) is 0 Å². The van der Waals surface area contributed by atoms with E-state index in [0.717, 1.165) is 24.2 Å².